The summed E-state index contributed by atoms with van der Waals surface area (Å²) in [6.07, 6.45) is 0.837. The van der Waals surface area contributed by atoms with Crippen molar-refractivity contribution in [3.63, 3.8) is 0 Å². The van der Waals surface area contributed by atoms with E-state index in [2.05, 4.69) is 15.7 Å². The van der Waals surface area contributed by atoms with Crippen LogP contribution < -0.4 is 10.6 Å². The monoisotopic (exact) mass is 362 g/mol. The van der Waals surface area contributed by atoms with Gasteiger partial charge in [0.05, 0.1) is 17.8 Å². The molecule has 0 radical (unpaired) electrons. The molecule has 25 heavy (non-hydrogen) atoms. The predicted molar refractivity (Wildman–Crippen MR) is 97.7 cm³/mol. The van der Waals surface area contributed by atoms with Gasteiger partial charge in [-0.3, -0.25) is 9.59 Å². The van der Waals surface area contributed by atoms with Crippen molar-refractivity contribution < 1.29 is 9.59 Å². The Labute approximate surface area is 152 Å². The van der Waals surface area contributed by atoms with Crippen LogP contribution in [-0.4, -0.2) is 34.2 Å². The van der Waals surface area contributed by atoms with E-state index < -0.39 is 11.9 Å². The lowest BCUT2D eigenvalue weighted by Crippen LogP contribution is -2.45. The molecule has 1 aromatic heterocycles. The Morgan fingerprint density at radius 3 is 2.60 bits per heavy atom. The SMILES string of the molecule is CCCNC(=O)[C@H](C)NC(=O)c1c(C)nn(Cc2ccccc2)c1Cl. The first kappa shape index (κ1) is 19.0. The molecule has 0 fully saturated rings. The van der Waals surface area contributed by atoms with Crippen LogP contribution in [0.25, 0.3) is 0 Å². The second-order valence-corrected chi connectivity index (χ2v) is 6.24. The molecular weight excluding hydrogens is 340 g/mol. The summed E-state index contributed by atoms with van der Waals surface area (Å²) >= 11 is 6.36. The van der Waals surface area contributed by atoms with Gasteiger partial charge in [-0.2, -0.15) is 5.10 Å². The van der Waals surface area contributed by atoms with E-state index in [0.717, 1.165) is 12.0 Å². The average Bonchev–Trinajstić information content (AvgIpc) is 2.87. The van der Waals surface area contributed by atoms with Gasteiger partial charge in [0.15, 0.2) is 0 Å². The fraction of sp³-hybridized carbons (Fsp3) is 0.389. The van der Waals surface area contributed by atoms with Crippen LogP contribution in [0.1, 0.15) is 41.9 Å². The van der Waals surface area contributed by atoms with Crippen molar-refractivity contribution in [3.8, 4) is 0 Å². The highest BCUT2D eigenvalue weighted by molar-refractivity contribution is 6.33. The Balaban J connectivity index is 2.11. The molecule has 1 heterocycles. The zero-order valence-corrected chi connectivity index (χ0v) is 15.4. The lowest BCUT2D eigenvalue weighted by Gasteiger charge is -2.13. The first-order valence-corrected chi connectivity index (χ1v) is 8.67. The van der Waals surface area contributed by atoms with E-state index in [0.29, 0.717) is 24.3 Å². The number of carbonyl (C=O) groups excluding carboxylic acids is 2. The van der Waals surface area contributed by atoms with E-state index in [1.54, 1.807) is 18.5 Å². The molecule has 134 valence electrons. The first-order valence-electron chi connectivity index (χ1n) is 8.29. The highest BCUT2D eigenvalue weighted by atomic mass is 35.5. The maximum atomic E-state index is 12.5. The Kier molecular flexibility index (Phi) is 6.58. The third-order valence-electron chi connectivity index (χ3n) is 3.76. The zero-order chi connectivity index (χ0) is 18.4. The number of benzene rings is 1. The molecule has 0 unspecified atom stereocenters. The van der Waals surface area contributed by atoms with Gasteiger partial charge in [0.1, 0.15) is 11.2 Å². The van der Waals surface area contributed by atoms with E-state index in [1.807, 2.05) is 37.3 Å². The van der Waals surface area contributed by atoms with E-state index in [4.69, 9.17) is 11.6 Å². The molecule has 2 rings (SSSR count). The molecule has 0 aliphatic rings. The Bertz CT molecular complexity index is 743. The summed E-state index contributed by atoms with van der Waals surface area (Å²) in [5, 5.41) is 10.0. The molecule has 1 atom stereocenters. The van der Waals surface area contributed by atoms with Gasteiger partial charge in [0, 0.05) is 6.54 Å². The van der Waals surface area contributed by atoms with Crippen LogP contribution in [-0.2, 0) is 11.3 Å². The lowest BCUT2D eigenvalue weighted by molar-refractivity contribution is -0.122. The number of amides is 2. The van der Waals surface area contributed by atoms with Crippen molar-refractivity contribution >= 4 is 23.4 Å². The molecule has 2 N–H and O–H groups in total. The summed E-state index contributed by atoms with van der Waals surface area (Å²) in [6, 6.07) is 9.09. The van der Waals surface area contributed by atoms with Gasteiger partial charge in [-0.05, 0) is 25.8 Å². The van der Waals surface area contributed by atoms with Crippen molar-refractivity contribution in [2.45, 2.75) is 39.8 Å². The third-order valence-corrected chi connectivity index (χ3v) is 4.14. The molecule has 1 aromatic carbocycles. The summed E-state index contributed by atoms with van der Waals surface area (Å²) in [4.78, 5) is 24.4. The molecule has 7 heteroatoms. The molecule has 0 aliphatic carbocycles. The van der Waals surface area contributed by atoms with Gasteiger partial charge in [0.2, 0.25) is 5.91 Å². The highest BCUT2D eigenvalue weighted by Gasteiger charge is 2.23. The van der Waals surface area contributed by atoms with Gasteiger partial charge >= 0.3 is 0 Å². The van der Waals surface area contributed by atoms with Gasteiger partial charge < -0.3 is 10.6 Å². The van der Waals surface area contributed by atoms with E-state index in [9.17, 15) is 9.59 Å². The minimum atomic E-state index is -0.646. The minimum absolute atomic E-state index is 0.222. The summed E-state index contributed by atoms with van der Waals surface area (Å²) in [6.45, 7) is 6.38. The van der Waals surface area contributed by atoms with Crippen LogP contribution in [0, 0.1) is 6.92 Å². The maximum Gasteiger partial charge on any atom is 0.256 e. The second kappa shape index (κ2) is 8.67. The van der Waals surface area contributed by atoms with Crippen LogP contribution in [0.5, 0.6) is 0 Å². The molecule has 2 aromatic rings. The van der Waals surface area contributed by atoms with Gasteiger partial charge in [0.25, 0.3) is 5.91 Å². The van der Waals surface area contributed by atoms with Crippen LogP contribution in [0.2, 0.25) is 5.15 Å². The number of hydrogen-bond donors (Lipinski definition) is 2. The number of carbonyl (C=O) groups is 2. The Hall–Kier alpha value is -2.34. The molecule has 0 bridgehead atoms. The first-order chi connectivity index (χ1) is 11.9. The Morgan fingerprint density at radius 1 is 1.28 bits per heavy atom. The summed E-state index contributed by atoms with van der Waals surface area (Å²) in [7, 11) is 0. The number of aryl methyl sites for hydroxylation is 1. The number of rotatable bonds is 7. The Morgan fingerprint density at radius 2 is 1.96 bits per heavy atom. The average molecular weight is 363 g/mol. The molecule has 0 saturated heterocycles. The second-order valence-electron chi connectivity index (χ2n) is 5.88. The number of aromatic nitrogens is 2. The van der Waals surface area contributed by atoms with E-state index in [-0.39, 0.29) is 11.1 Å². The van der Waals surface area contributed by atoms with E-state index in [1.165, 1.54) is 0 Å². The fourth-order valence-corrected chi connectivity index (χ4v) is 2.73. The number of halogens is 1. The van der Waals surface area contributed by atoms with Crippen molar-refractivity contribution in [2.75, 3.05) is 6.54 Å². The molecule has 2 amide bonds. The predicted octanol–water partition coefficient (Wildman–Crippen LogP) is 2.54. The molecule has 0 spiro atoms. The minimum Gasteiger partial charge on any atom is -0.354 e. The normalized spacial score (nSPS) is 11.8. The van der Waals surface area contributed by atoms with Gasteiger partial charge in [-0.15, -0.1) is 0 Å². The van der Waals surface area contributed by atoms with Crippen molar-refractivity contribution in [1.29, 1.82) is 0 Å². The molecule has 0 aliphatic heterocycles. The fourth-order valence-electron chi connectivity index (χ4n) is 2.41. The third kappa shape index (κ3) is 4.82. The number of nitrogens with one attached hydrogen (secondary N) is 2. The quantitative estimate of drug-likeness (QED) is 0.794. The highest BCUT2D eigenvalue weighted by Crippen LogP contribution is 2.21. The lowest BCUT2D eigenvalue weighted by atomic mass is 10.2. The van der Waals surface area contributed by atoms with Crippen LogP contribution in [0.15, 0.2) is 30.3 Å². The summed E-state index contributed by atoms with van der Waals surface area (Å²) < 4.78 is 1.59. The van der Waals surface area contributed by atoms with E-state index >= 15 is 0 Å². The van der Waals surface area contributed by atoms with Gasteiger partial charge in [-0.25, -0.2) is 4.68 Å². The van der Waals surface area contributed by atoms with Crippen LogP contribution >= 0.6 is 11.6 Å². The summed E-state index contributed by atoms with van der Waals surface area (Å²) in [5.41, 5.74) is 1.86. The molecular formula is C18H23ClN4O2. The standard InChI is InChI=1S/C18H23ClN4O2/c1-4-10-20-17(24)13(3)21-18(25)15-12(2)22-23(16(15)19)11-14-8-6-5-7-9-14/h5-9,13H,4,10-11H2,1-3H3,(H,20,24)(H,21,25)/t13-/m0/s1. The van der Waals surface area contributed by atoms with Crippen molar-refractivity contribution in [1.82, 2.24) is 20.4 Å². The zero-order valence-electron chi connectivity index (χ0n) is 14.7. The number of hydrogen-bond acceptors (Lipinski definition) is 3. The van der Waals surface area contributed by atoms with Crippen LogP contribution in [0.4, 0.5) is 0 Å². The summed E-state index contributed by atoms with van der Waals surface area (Å²) in [5.74, 6) is -0.624. The smallest absolute Gasteiger partial charge is 0.256 e. The molecule has 6 nitrogen and oxygen atoms in total. The van der Waals surface area contributed by atoms with Gasteiger partial charge in [-0.1, -0.05) is 48.9 Å². The van der Waals surface area contributed by atoms with Crippen LogP contribution in [0.3, 0.4) is 0 Å². The largest absolute Gasteiger partial charge is 0.354 e. The molecule has 0 saturated carbocycles. The van der Waals surface area contributed by atoms with Crippen molar-refractivity contribution in [3.05, 3.63) is 52.3 Å². The topological polar surface area (TPSA) is 76.0 Å². The number of nitrogens with zero attached hydrogens (tertiary/aromatic N) is 2. The van der Waals surface area contributed by atoms with Crippen molar-refractivity contribution in [2.24, 2.45) is 0 Å². The maximum absolute atomic E-state index is 12.5.